The fourth-order valence-electron chi connectivity index (χ4n) is 1.72. The monoisotopic (exact) mass is 252 g/mol. The lowest BCUT2D eigenvalue weighted by Crippen LogP contribution is -2.16. The highest BCUT2D eigenvalue weighted by Crippen LogP contribution is 2.18. The molecular formula is C13H16O5. The predicted octanol–water partition coefficient (Wildman–Crippen LogP) is 1.48. The Balaban J connectivity index is 3.25. The molecule has 0 saturated carbocycles. The van der Waals surface area contributed by atoms with E-state index in [4.69, 9.17) is 4.74 Å². The van der Waals surface area contributed by atoms with Crippen molar-refractivity contribution in [2.45, 2.75) is 26.4 Å². The molecular weight excluding hydrogens is 236 g/mol. The van der Waals surface area contributed by atoms with Crippen molar-refractivity contribution in [3.8, 4) is 0 Å². The third-order valence-corrected chi connectivity index (χ3v) is 2.38. The van der Waals surface area contributed by atoms with Gasteiger partial charge in [0.2, 0.25) is 0 Å². The Labute approximate surface area is 105 Å². The van der Waals surface area contributed by atoms with Gasteiger partial charge in [0.15, 0.2) is 0 Å². The van der Waals surface area contributed by atoms with Crippen LogP contribution in [0.4, 0.5) is 0 Å². The molecule has 0 fully saturated rings. The van der Waals surface area contributed by atoms with Crippen LogP contribution in [0, 0.1) is 0 Å². The van der Waals surface area contributed by atoms with Crippen molar-refractivity contribution in [3.05, 3.63) is 34.9 Å². The number of ether oxygens (including phenoxy) is 1. The molecule has 1 aromatic carbocycles. The Bertz CT molecular complexity index is 451. The van der Waals surface area contributed by atoms with Gasteiger partial charge in [0, 0.05) is 0 Å². The number of aliphatic hydroxyl groups is 1. The Hall–Kier alpha value is -1.88. The van der Waals surface area contributed by atoms with Crippen LogP contribution in [0.2, 0.25) is 0 Å². The van der Waals surface area contributed by atoms with Crippen LogP contribution >= 0.6 is 0 Å². The third-order valence-electron chi connectivity index (χ3n) is 2.38. The average Bonchev–Trinajstić information content (AvgIpc) is 2.27. The van der Waals surface area contributed by atoms with Crippen molar-refractivity contribution in [2.75, 3.05) is 6.61 Å². The zero-order valence-electron chi connectivity index (χ0n) is 10.3. The SMILES string of the molecule is CCOC(=O)c1cccc(CC(C)O)c1C(=O)O. The summed E-state index contributed by atoms with van der Waals surface area (Å²) in [6.07, 6.45) is -0.505. The van der Waals surface area contributed by atoms with Gasteiger partial charge in [-0.05, 0) is 31.9 Å². The lowest BCUT2D eigenvalue weighted by Gasteiger charge is -2.12. The smallest absolute Gasteiger partial charge is 0.339 e. The Morgan fingerprint density at radius 2 is 2.06 bits per heavy atom. The summed E-state index contributed by atoms with van der Waals surface area (Å²) < 4.78 is 4.81. The van der Waals surface area contributed by atoms with E-state index in [1.807, 2.05) is 0 Å². The molecule has 0 amide bonds. The first kappa shape index (κ1) is 14.2. The summed E-state index contributed by atoms with van der Waals surface area (Å²) in [4.78, 5) is 22.9. The number of rotatable bonds is 5. The van der Waals surface area contributed by atoms with E-state index in [9.17, 15) is 19.8 Å². The first-order chi connectivity index (χ1) is 8.47. The normalized spacial score (nSPS) is 11.9. The lowest BCUT2D eigenvalue weighted by atomic mass is 9.97. The van der Waals surface area contributed by atoms with Gasteiger partial charge in [-0.3, -0.25) is 0 Å². The number of benzene rings is 1. The van der Waals surface area contributed by atoms with Crippen LogP contribution < -0.4 is 0 Å². The van der Waals surface area contributed by atoms with Crippen LogP contribution in [0.25, 0.3) is 0 Å². The highest BCUT2D eigenvalue weighted by atomic mass is 16.5. The van der Waals surface area contributed by atoms with E-state index in [0.717, 1.165) is 0 Å². The third kappa shape index (κ3) is 3.30. The van der Waals surface area contributed by atoms with Gasteiger partial charge < -0.3 is 14.9 Å². The number of carboxylic acids is 1. The standard InChI is InChI=1S/C13H16O5/c1-3-18-13(17)10-6-4-5-9(7-8(2)14)11(10)12(15)16/h4-6,8,14H,3,7H2,1-2H3,(H,15,16). The molecule has 1 rings (SSSR count). The van der Waals surface area contributed by atoms with Gasteiger partial charge in [-0.1, -0.05) is 12.1 Å². The van der Waals surface area contributed by atoms with Crippen molar-refractivity contribution in [1.29, 1.82) is 0 Å². The molecule has 0 aliphatic heterocycles. The molecule has 18 heavy (non-hydrogen) atoms. The number of hydrogen-bond acceptors (Lipinski definition) is 4. The van der Waals surface area contributed by atoms with E-state index in [1.54, 1.807) is 26.0 Å². The number of carboxylic acid groups (broad SMARTS) is 1. The Morgan fingerprint density at radius 3 is 2.56 bits per heavy atom. The molecule has 2 N–H and O–H groups in total. The van der Waals surface area contributed by atoms with Crippen molar-refractivity contribution in [3.63, 3.8) is 0 Å². The largest absolute Gasteiger partial charge is 0.478 e. The van der Waals surface area contributed by atoms with Gasteiger partial charge in [-0.25, -0.2) is 9.59 Å². The van der Waals surface area contributed by atoms with Gasteiger partial charge in [0.05, 0.1) is 23.8 Å². The minimum absolute atomic E-state index is 0.0162. The predicted molar refractivity (Wildman–Crippen MR) is 64.7 cm³/mol. The number of hydrogen-bond donors (Lipinski definition) is 2. The molecule has 1 atom stereocenters. The molecule has 5 heteroatoms. The van der Waals surface area contributed by atoms with Crippen molar-refractivity contribution < 1.29 is 24.5 Å². The fourth-order valence-corrected chi connectivity index (χ4v) is 1.72. The zero-order valence-corrected chi connectivity index (χ0v) is 10.3. The van der Waals surface area contributed by atoms with Crippen LogP contribution in [0.1, 0.15) is 40.1 Å². The summed E-state index contributed by atoms with van der Waals surface area (Å²) in [5.74, 6) is -1.86. The fraction of sp³-hybridized carbons (Fsp3) is 0.385. The molecule has 1 aromatic rings. The van der Waals surface area contributed by atoms with E-state index in [0.29, 0.717) is 5.56 Å². The van der Waals surface area contributed by atoms with Gasteiger partial charge in [0.25, 0.3) is 0 Å². The molecule has 98 valence electrons. The topological polar surface area (TPSA) is 83.8 Å². The molecule has 0 heterocycles. The second-order valence-electron chi connectivity index (χ2n) is 3.92. The average molecular weight is 252 g/mol. The van der Waals surface area contributed by atoms with Gasteiger partial charge in [-0.15, -0.1) is 0 Å². The summed E-state index contributed by atoms with van der Waals surface area (Å²) in [7, 11) is 0. The highest BCUT2D eigenvalue weighted by molar-refractivity contribution is 6.03. The summed E-state index contributed by atoms with van der Waals surface area (Å²) >= 11 is 0. The molecule has 5 nitrogen and oxygen atoms in total. The second kappa shape index (κ2) is 6.16. The zero-order chi connectivity index (χ0) is 13.7. The van der Waals surface area contributed by atoms with E-state index < -0.39 is 18.0 Å². The molecule has 0 radical (unpaired) electrons. The molecule has 0 bridgehead atoms. The molecule has 0 aliphatic carbocycles. The summed E-state index contributed by atoms with van der Waals surface area (Å²) in [6.45, 7) is 3.39. The number of aromatic carboxylic acids is 1. The van der Waals surface area contributed by atoms with E-state index in [-0.39, 0.29) is 24.2 Å². The number of esters is 1. The second-order valence-corrected chi connectivity index (χ2v) is 3.92. The number of carbonyl (C=O) groups excluding carboxylic acids is 1. The molecule has 0 aromatic heterocycles. The summed E-state index contributed by atoms with van der Waals surface area (Å²) in [5.41, 5.74) is 0.336. The quantitative estimate of drug-likeness (QED) is 0.775. The van der Waals surface area contributed by atoms with Gasteiger partial charge in [-0.2, -0.15) is 0 Å². The first-order valence-electron chi connectivity index (χ1n) is 5.67. The van der Waals surface area contributed by atoms with E-state index in [1.165, 1.54) is 6.07 Å². The maximum Gasteiger partial charge on any atom is 0.339 e. The Morgan fingerprint density at radius 1 is 1.39 bits per heavy atom. The summed E-state index contributed by atoms with van der Waals surface area (Å²) in [5, 5.41) is 18.5. The maximum absolute atomic E-state index is 11.7. The van der Waals surface area contributed by atoms with Crippen LogP contribution in [0.5, 0.6) is 0 Å². The highest BCUT2D eigenvalue weighted by Gasteiger charge is 2.21. The Kier molecular flexibility index (Phi) is 4.85. The lowest BCUT2D eigenvalue weighted by molar-refractivity contribution is 0.0513. The molecule has 0 spiro atoms. The maximum atomic E-state index is 11.7. The molecule has 0 aliphatic rings. The number of carbonyl (C=O) groups is 2. The van der Waals surface area contributed by atoms with Gasteiger partial charge >= 0.3 is 11.9 Å². The first-order valence-corrected chi connectivity index (χ1v) is 5.67. The molecule has 1 unspecified atom stereocenters. The minimum atomic E-state index is -1.20. The number of aliphatic hydroxyl groups excluding tert-OH is 1. The molecule has 0 saturated heterocycles. The van der Waals surface area contributed by atoms with Crippen LogP contribution in [-0.4, -0.2) is 34.9 Å². The van der Waals surface area contributed by atoms with E-state index in [2.05, 4.69) is 0 Å². The van der Waals surface area contributed by atoms with Crippen LogP contribution in [0.15, 0.2) is 18.2 Å². The van der Waals surface area contributed by atoms with Crippen molar-refractivity contribution in [1.82, 2.24) is 0 Å². The van der Waals surface area contributed by atoms with E-state index >= 15 is 0 Å². The van der Waals surface area contributed by atoms with Crippen molar-refractivity contribution >= 4 is 11.9 Å². The van der Waals surface area contributed by atoms with Crippen LogP contribution in [0.3, 0.4) is 0 Å². The minimum Gasteiger partial charge on any atom is -0.478 e. The van der Waals surface area contributed by atoms with Crippen molar-refractivity contribution in [2.24, 2.45) is 0 Å². The van der Waals surface area contributed by atoms with Crippen LogP contribution in [-0.2, 0) is 11.2 Å². The summed E-state index contributed by atoms with van der Waals surface area (Å²) in [6, 6.07) is 4.57. The van der Waals surface area contributed by atoms with Gasteiger partial charge in [0.1, 0.15) is 0 Å².